The van der Waals surface area contributed by atoms with Crippen molar-refractivity contribution >= 4 is 17.7 Å². The molecular formula is C9H13N5OS. The lowest BCUT2D eigenvalue weighted by Gasteiger charge is -2.14. The molecule has 1 amide bonds. The molecule has 0 aliphatic rings. The fraction of sp³-hybridized carbons (Fsp3) is 0.556. The van der Waals surface area contributed by atoms with Crippen molar-refractivity contribution in [3.8, 4) is 6.07 Å². The molecule has 0 unspecified atom stereocenters. The Morgan fingerprint density at radius 1 is 1.69 bits per heavy atom. The number of nitriles is 1. The maximum absolute atomic E-state index is 11.6. The Hall–Kier alpha value is -1.55. The van der Waals surface area contributed by atoms with Gasteiger partial charge in [-0.25, -0.2) is 4.98 Å². The molecule has 0 aliphatic heterocycles. The number of H-pyrrole nitrogens is 1. The van der Waals surface area contributed by atoms with Crippen LogP contribution in [0.25, 0.3) is 0 Å². The summed E-state index contributed by atoms with van der Waals surface area (Å²) in [7, 11) is 1.68. The van der Waals surface area contributed by atoms with Crippen LogP contribution in [0.15, 0.2) is 5.16 Å². The minimum Gasteiger partial charge on any atom is -0.344 e. The molecule has 1 N–H and O–H groups in total. The number of rotatable bonds is 5. The van der Waals surface area contributed by atoms with Gasteiger partial charge < -0.3 is 4.90 Å². The summed E-state index contributed by atoms with van der Waals surface area (Å²) in [5, 5.41) is 15.6. The largest absolute Gasteiger partial charge is 0.344 e. The summed E-state index contributed by atoms with van der Waals surface area (Å²) in [6.45, 7) is 2.26. The highest BCUT2D eigenvalue weighted by Gasteiger charge is 2.10. The third-order valence-electron chi connectivity index (χ3n) is 1.89. The molecule has 7 heteroatoms. The van der Waals surface area contributed by atoms with Crippen LogP contribution in [0.3, 0.4) is 0 Å². The third-order valence-corrected chi connectivity index (χ3v) is 2.72. The second kappa shape index (κ2) is 6.12. The Balaban J connectivity index is 2.32. The van der Waals surface area contributed by atoms with E-state index in [4.69, 9.17) is 5.26 Å². The molecule has 1 heterocycles. The van der Waals surface area contributed by atoms with E-state index >= 15 is 0 Å². The molecule has 1 aromatic heterocycles. The summed E-state index contributed by atoms with van der Waals surface area (Å²) in [6, 6.07) is 2.00. The number of aromatic amines is 1. The van der Waals surface area contributed by atoms with Gasteiger partial charge in [0.1, 0.15) is 5.82 Å². The molecule has 1 rings (SSSR count). The number of hydrogen-bond acceptors (Lipinski definition) is 5. The van der Waals surface area contributed by atoms with Crippen LogP contribution in [0.5, 0.6) is 0 Å². The van der Waals surface area contributed by atoms with Gasteiger partial charge in [-0.15, -0.1) is 5.10 Å². The molecule has 86 valence electrons. The standard InChI is InChI=1S/C9H13N5OS/c1-7-11-9(13-12-7)16-6-8(15)14(2)5-3-4-10/h3,5-6H2,1-2H3,(H,11,12,13). The molecule has 0 aliphatic carbocycles. The smallest absolute Gasteiger partial charge is 0.232 e. The highest BCUT2D eigenvalue weighted by molar-refractivity contribution is 7.99. The second-order valence-corrected chi connectivity index (χ2v) is 4.16. The van der Waals surface area contributed by atoms with E-state index in [1.165, 1.54) is 16.7 Å². The maximum atomic E-state index is 11.6. The quantitative estimate of drug-likeness (QED) is 0.759. The molecule has 0 saturated carbocycles. The van der Waals surface area contributed by atoms with Crippen molar-refractivity contribution in [3.05, 3.63) is 5.82 Å². The van der Waals surface area contributed by atoms with E-state index in [0.717, 1.165) is 5.82 Å². The first-order valence-corrected chi connectivity index (χ1v) is 5.74. The summed E-state index contributed by atoms with van der Waals surface area (Å²) in [4.78, 5) is 17.2. The number of nitrogens with zero attached hydrogens (tertiary/aromatic N) is 4. The molecule has 0 aromatic carbocycles. The summed E-state index contributed by atoms with van der Waals surface area (Å²) in [6.07, 6.45) is 0.354. The lowest BCUT2D eigenvalue weighted by Crippen LogP contribution is -2.29. The van der Waals surface area contributed by atoms with E-state index < -0.39 is 0 Å². The van der Waals surface area contributed by atoms with Crippen LogP contribution >= 0.6 is 11.8 Å². The molecule has 0 spiro atoms. The molecular weight excluding hydrogens is 226 g/mol. The third kappa shape index (κ3) is 3.90. The predicted molar refractivity (Wildman–Crippen MR) is 59.7 cm³/mol. The summed E-state index contributed by atoms with van der Waals surface area (Å²) < 4.78 is 0. The SMILES string of the molecule is Cc1nc(SCC(=O)N(C)CCC#N)n[nH]1. The number of hydrogen-bond donors (Lipinski definition) is 1. The molecule has 0 fully saturated rings. The zero-order valence-corrected chi connectivity index (χ0v) is 10.0. The highest BCUT2D eigenvalue weighted by Crippen LogP contribution is 2.12. The van der Waals surface area contributed by atoms with Crippen LogP contribution in [-0.4, -0.2) is 45.3 Å². The van der Waals surface area contributed by atoms with Crippen molar-refractivity contribution in [2.75, 3.05) is 19.3 Å². The molecule has 0 radical (unpaired) electrons. The van der Waals surface area contributed by atoms with Crippen LogP contribution < -0.4 is 0 Å². The fourth-order valence-electron chi connectivity index (χ4n) is 0.966. The second-order valence-electron chi connectivity index (χ2n) is 3.22. The Morgan fingerprint density at radius 2 is 2.44 bits per heavy atom. The van der Waals surface area contributed by atoms with E-state index in [2.05, 4.69) is 15.2 Å². The van der Waals surface area contributed by atoms with Crippen molar-refractivity contribution < 1.29 is 4.79 Å². The lowest BCUT2D eigenvalue weighted by atomic mass is 10.4. The summed E-state index contributed by atoms with van der Waals surface area (Å²) in [5.41, 5.74) is 0. The molecule has 16 heavy (non-hydrogen) atoms. The molecule has 0 saturated heterocycles. The predicted octanol–water partition coefficient (Wildman–Crippen LogP) is 0.577. The average molecular weight is 239 g/mol. The van der Waals surface area contributed by atoms with Crippen LogP contribution in [-0.2, 0) is 4.79 Å². The number of carbonyl (C=O) groups is 1. The van der Waals surface area contributed by atoms with Crippen LogP contribution in [0.2, 0.25) is 0 Å². The number of nitrogens with one attached hydrogen (secondary N) is 1. The fourth-order valence-corrected chi connectivity index (χ4v) is 1.75. The van der Waals surface area contributed by atoms with Crippen molar-refractivity contribution in [2.45, 2.75) is 18.5 Å². The van der Waals surface area contributed by atoms with Gasteiger partial charge in [0.05, 0.1) is 18.2 Å². The van der Waals surface area contributed by atoms with Crippen LogP contribution in [0, 0.1) is 18.3 Å². The lowest BCUT2D eigenvalue weighted by molar-refractivity contribution is -0.127. The summed E-state index contributed by atoms with van der Waals surface area (Å²) in [5.74, 6) is 0.995. The summed E-state index contributed by atoms with van der Waals surface area (Å²) >= 11 is 1.28. The van der Waals surface area contributed by atoms with Gasteiger partial charge in [0.15, 0.2) is 0 Å². The number of amides is 1. The normalized spacial score (nSPS) is 9.81. The van der Waals surface area contributed by atoms with Gasteiger partial charge in [-0.05, 0) is 6.92 Å². The van der Waals surface area contributed by atoms with Crippen molar-refractivity contribution in [1.82, 2.24) is 20.1 Å². The zero-order chi connectivity index (χ0) is 12.0. The first kappa shape index (κ1) is 12.5. The Morgan fingerprint density at radius 3 is 3.00 bits per heavy atom. The van der Waals surface area contributed by atoms with Crippen molar-refractivity contribution in [1.29, 1.82) is 5.26 Å². The Kier molecular flexibility index (Phi) is 4.79. The minimum atomic E-state index is -0.0253. The van der Waals surface area contributed by atoms with E-state index in [-0.39, 0.29) is 5.91 Å². The monoisotopic (exact) mass is 239 g/mol. The van der Waals surface area contributed by atoms with E-state index in [9.17, 15) is 4.79 Å². The number of aromatic nitrogens is 3. The first-order chi connectivity index (χ1) is 7.63. The molecule has 0 bridgehead atoms. The highest BCUT2D eigenvalue weighted by atomic mass is 32.2. The first-order valence-electron chi connectivity index (χ1n) is 4.76. The Labute approximate surface area is 98.0 Å². The minimum absolute atomic E-state index is 0.0253. The topological polar surface area (TPSA) is 85.7 Å². The van der Waals surface area contributed by atoms with Crippen LogP contribution in [0.4, 0.5) is 0 Å². The maximum Gasteiger partial charge on any atom is 0.232 e. The van der Waals surface area contributed by atoms with Gasteiger partial charge in [-0.2, -0.15) is 5.26 Å². The number of thioether (sulfide) groups is 1. The number of aryl methyl sites for hydroxylation is 1. The van der Waals surface area contributed by atoms with Gasteiger partial charge in [-0.1, -0.05) is 11.8 Å². The van der Waals surface area contributed by atoms with Gasteiger partial charge >= 0.3 is 0 Å². The van der Waals surface area contributed by atoms with E-state index in [1.807, 2.05) is 6.07 Å². The van der Waals surface area contributed by atoms with Gasteiger partial charge in [0.25, 0.3) is 0 Å². The molecule has 0 atom stereocenters. The van der Waals surface area contributed by atoms with E-state index in [1.54, 1.807) is 14.0 Å². The zero-order valence-electron chi connectivity index (χ0n) is 9.23. The van der Waals surface area contributed by atoms with Crippen LogP contribution in [0.1, 0.15) is 12.2 Å². The molecule has 1 aromatic rings. The van der Waals surface area contributed by atoms with Gasteiger partial charge in [0, 0.05) is 13.6 Å². The van der Waals surface area contributed by atoms with Crippen molar-refractivity contribution in [3.63, 3.8) is 0 Å². The van der Waals surface area contributed by atoms with Gasteiger partial charge in [0.2, 0.25) is 11.1 Å². The Bertz CT molecular complexity index is 397. The van der Waals surface area contributed by atoms with E-state index in [0.29, 0.717) is 23.9 Å². The molecule has 6 nitrogen and oxygen atoms in total. The van der Waals surface area contributed by atoms with Gasteiger partial charge in [-0.3, -0.25) is 9.89 Å². The number of carbonyl (C=O) groups excluding carboxylic acids is 1. The van der Waals surface area contributed by atoms with Crippen molar-refractivity contribution in [2.24, 2.45) is 0 Å². The average Bonchev–Trinajstić information content (AvgIpc) is 2.68.